The summed E-state index contributed by atoms with van der Waals surface area (Å²) in [6.45, 7) is 4.06. The fraction of sp³-hybridized carbons (Fsp3) is 0.429. The van der Waals surface area contributed by atoms with E-state index in [0.717, 1.165) is 37.4 Å². The van der Waals surface area contributed by atoms with Gasteiger partial charge < -0.3 is 15.2 Å². The largest absolute Gasteiger partial charge is 0.493 e. The highest BCUT2D eigenvalue weighted by Gasteiger charge is 2.32. The van der Waals surface area contributed by atoms with Crippen molar-refractivity contribution in [2.75, 3.05) is 20.8 Å². The molecule has 0 amide bonds. The van der Waals surface area contributed by atoms with Gasteiger partial charge in [0.1, 0.15) is 0 Å². The molecular weight excluding hydrogens is 312 g/mol. The molecule has 2 N–H and O–H groups in total. The van der Waals surface area contributed by atoms with Crippen molar-refractivity contribution in [3.8, 4) is 11.5 Å². The standard InChI is InChI=1S/C21H28N2O2/c1-4-18(22)21-17-13-20(25-3)19(24-2)12-16(17)10-11-23(21)14-15-8-6-5-7-9-15/h5-9,12-13,18,21H,4,10-11,14,22H2,1-3H3/t18-,21-/m1/s1. The lowest BCUT2D eigenvalue weighted by Gasteiger charge is -2.40. The molecule has 134 valence electrons. The molecule has 0 saturated heterocycles. The molecule has 0 spiro atoms. The van der Waals surface area contributed by atoms with E-state index in [-0.39, 0.29) is 12.1 Å². The van der Waals surface area contributed by atoms with Crippen LogP contribution in [-0.2, 0) is 13.0 Å². The maximum Gasteiger partial charge on any atom is 0.161 e. The van der Waals surface area contributed by atoms with Gasteiger partial charge in [-0.3, -0.25) is 4.90 Å². The minimum Gasteiger partial charge on any atom is -0.493 e. The van der Waals surface area contributed by atoms with E-state index < -0.39 is 0 Å². The highest BCUT2D eigenvalue weighted by molar-refractivity contribution is 5.50. The van der Waals surface area contributed by atoms with E-state index in [9.17, 15) is 0 Å². The molecule has 2 aromatic carbocycles. The molecule has 0 fully saturated rings. The second-order valence-corrected chi connectivity index (χ2v) is 6.63. The van der Waals surface area contributed by atoms with Crippen molar-refractivity contribution < 1.29 is 9.47 Å². The molecule has 1 aliphatic rings. The predicted molar refractivity (Wildman–Crippen MR) is 101 cm³/mol. The lowest BCUT2D eigenvalue weighted by atomic mass is 9.86. The monoisotopic (exact) mass is 340 g/mol. The zero-order chi connectivity index (χ0) is 17.8. The lowest BCUT2D eigenvalue weighted by molar-refractivity contribution is 0.149. The van der Waals surface area contributed by atoms with Crippen LogP contribution in [0.2, 0.25) is 0 Å². The summed E-state index contributed by atoms with van der Waals surface area (Å²) in [5.41, 5.74) is 10.5. The Balaban J connectivity index is 1.98. The molecule has 0 bridgehead atoms. The van der Waals surface area contributed by atoms with Gasteiger partial charge in [0.05, 0.1) is 20.3 Å². The molecule has 0 saturated carbocycles. The highest BCUT2D eigenvalue weighted by atomic mass is 16.5. The van der Waals surface area contributed by atoms with Crippen LogP contribution in [-0.4, -0.2) is 31.7 Å². The molecule has 0 aromatic heterocycles. The molecule has 25 heavy (non-hydrogen) atoms. The van der Waals surface area contributed by atoms with Crippen molar-refractivity contribution in [2.45, 2.75) is 38.4 Å². The molecule has 3 rings (SSSR count). The van der Waals surface area contributed by atoms with Crippen LogP contribution in [0.4, 0.5) is 0 Å². The average Bonchev–Trinajstić information content (AvgIpc) is 2.66. The minimum absolute atomic E-state index is 0.0841. The van der Waals surface area contributed by atoms with Crippen LogP contribution >= 0.6 is 0 Å². The molecule has 4 heteroatoms. The molecular formula is C21H28N2O2. The molecule has 0 radical (unpaired) electrons. The van der Waals surface area contributed by atoms with Gasteiger partial charge in [0.2, 0.25) is 0 Å². The number of methoxy groups -OCH3 is 2. The summed E-state index contributed by atoms with van der Waals surface area (Å²) in [6.07, 6.45) is 1.93. The third kappa shape index (κ3) is 3.65. The zero-order valence-corrected chi connectivity index (χ0v) is 15.4. The maximum absolute atomic E-state index is 6.55. The number of fused-ring (bicyclic) bond motifs is 1. The minimum atomic E-state index is 0.0841. The summed E-state index contributed by atoms with van der Waals surface area (Å²) >= 11 is 0. The molecule has 1 aliphatic heterocycles. The van der Waals surface area contributed by atoms with E-state index in [4.69, 9.17) is 15.2 Å². The van der Waals surface area contributed by atoms with Gasteiger partial charge in [-0.25, -0.2) is 0 Å². The van der Waals surface area contributed by atoms with Crippen molar-refractivity contribution in [1.29, 1.82) is 0 Å². The van der Waals surface area contributed by atoms with Crippen LogP contribution in [0.1, 0.15) is 36.1 Å². The highest BCUT2D eigenvalue weighted by Crippen LogP contribution is 2.40. The average molecular weight is 340 g/mol. The van der Waals surface area contributed by atoms with Gasteiger partial charge in [-0.15, -0.1) is 0 Å². The fourth-order valence-electron chi connectivity index (χ4n) is 3.75. The van der Waals surface area contributed by atoms with E-state index in [2.05, 4.69) is 54.3 Å². The number of hydrogen-bond donors (Lipinski definition) is 1. The van der Waals surface area contributed by atoms with Crippen molar-refractivity contribution >= 4 is 0 Å². The molecule has 0 aliphatic carbocycles. The number of benzene rings is 2. The summed E-state index contributed by atoms with van der Waals surface area (Å²) in [4.78, 5) is 2.50. The summed E-state index contributed by atoms with van der Waals surface area (Å²) in [7, 11) is 3.37. The van der Waals surface area contributed by atoms with Gasteiger partial charge in [0.15, 0.2) is 11.5 Å². The molecule has 2 atom stereocenters. The van der Waals surface area contributed by atoms with Crippen LogP contribution in [0.15, 0.2) is 42.5 Å². The Morgan fingerprint density at radius 1 is 1.12 bits per heavy atom. The van der Waals surface area contributed by atoms with Crippen LogP contribution in [0.5, 0.6) is 11.5 Å². The van der Waals surface area contributed by atoms with Crippen molar-refractivity contribution in [2.24, 2.45) is 5.73 Å². The molecule has 4 nitrogen and oxygen atoms in total. The first kappa shape index (κ1) is 17.8. The quantitative estimate of drug-likeness (QED) is 0.874. The van der Waals surface area contributed by atoms with Gasteiger partial charge >= 0.3 is 0 Å². The van der Waals surface area contributed by atoms with Crippen molar-refractivity contribution in [3.05, 3.63) is 59.2 Å². The van der Waals surface area contributed by atoms with Crippen LogP contribution < -0.4 is 15.2 Å². The van der Waals surface area contributed by atoms with E-state index in [1.165, 1.54) is 16.7 Å². The van der Waals surface area contributed by atoms with E-state index in [1.807, 2.05) is 0 Å². The zero-order valence-electron chi connectivity index (χ0n) is 15.4. The lowest BCUT2D eigenvalue weighted by Crippen LogP contribution is -2.44. The van der Waals surface area contributed by atoms with E-state index >= 15 is 0 Å². The van der Waals surface area contributed by atoms with Crippen LogP contribution in [0.3, 0.4) is 0 Å². The molecule has 1 heterocycles. The Kier molecular flexibility index (Phi) is 5.61. The Labute approximate surface area is 150 Å². The molecule has 0 unspecified atom stereocenters. The first-order valence-electron chi connectivity index (χ1n) is 8.96. The third-order valence-electron chi connectivity index (χ3n) is 5.13. The third-order valence-corrected chi connectivity index (χ3v) is 5.13. The van der Waals surface area contributed by atoms with E-state index in [0.29, 0.717) is 0 Å². The van der Waals surface area contributed by atoms with Crippen LogP contribution in [0, 0.1) is 0 Å². The smallest absolute Gasteiger partial charge is 0.161 e. The van der Waals surface area contributed by atoms with Crippen molar-refractivity contribution in [1.82, 2.24) is 4.90 Å². The number of rotatable bonds is 6. The Hall–Kier alpha value is -2.04. The number of nitrogens with zero attached hydrogens (tertiary/aromatic N) is 1. The van der Waals surface area contributed by atoms with Crippen LogP contribution in [0.25, 0.3) is 0 Å². The first-order chi connectivity index (χ1) is 12.2. The predicted octanol–water partition coefficient (Wildman–Crippen LogP) is 3.54. The molecule has 2 aromatic rings. The summed E-state index contributed by atoms with van der Waals surface area (Å²) in [6, 6.07) is 15.1. The number of hydrogen-bond acceptors (Lipinski definition) is 4. The van der Waals surface area contributed by atoms with Gasteiger partial charge in [0.25, 0.3) is 0 Å². The van der Waals surface area contributed by atoms with Crippen molar-refractivity contribution in [3.63, 3.8) is 0 Å². The Morgan fingerprint density at radius 2 is 1.80 bits per heavy atom. The number of nitrogens with two attached hydrogens (primary N) is 1. The SMILES string of the molecule is CC[C@@H](N)[C@H]1c2cc(OC)c(OC)cc2CCN1Cc1ccccc1. The Morgan fingerprint density at radius 3 is 2.44 bits per heavy atom. The summed E-state index contributed by atoms with van der Waals surface area (Å²) in [5, 5.41) is 0. The Bertz CT molecular complexity index is 703. The summed E-state index contributed by atoms with van der Waals surface area (Å²) < 4.78 is 11.0. The summed E-state index contributed by atoms with van der Waals surface area (Å²) in [5.74, 6) is 1.57. The topological polar surface area (TPSA) is 47.7 Å². The van der Waals surface area contributed by atoms with Gasteiger partial charge in [-0.1, -0.05) is 37.3 Å². The van der Waals surface area contributed by atoms with Gasteiger partial charge in [-0.05, 0) is 41.7 Å². The first-order valence-corrected chi connectivity index (χ1v) is 8.96. The fourth-order valence-corrected chi connectivity index (χ4v) is 3.75. The van der Waals surface area contributed by atoms with E-state index in [1.54, 1.807) is 14.2 Å². The second kappa shape index (κ2) is 7.89. The second-order valence-electron chi connectivity index (χ2n) is 6.63. The maximum atomic E-state index is 6.55. The normalized spacial score (nSPS) is 18.5. The number of ether oxygens (including phenoxy) is 2. The van der Waals surface area contributed by atoms with Gasteiger partial charge in [-0.2, -0.15) is 0 Å². The van der Waals surface area contributed by atoms with Gasteiger partial charge in [0, 0.05) is 19.1 Å².